The molecular weight excluding hydrogens is 306 g/mol. The highest BCUT2D eigenvalue weighted by molar-refractivity contribution is 5.93. The molecule has 0 unspecified atom stereocenters. The molecule has 0 saturated carbocycles. The van der Waals surface area contributed by atoms with Crippen LogP contribution in [0.3, 0.4) is 0 Å². The van der Waals surface area contributed by atoms with Crippen LogP contribution in [0.15, 0.2) is 24.3 Å². The smallest absolute Gasteiger partial charge is 0.409 e. The van der Waals surface area contributed by atoms with E-state index in [0.29, 0.717) is 38.3 Å². The molecule has 1 aromatic rings. The third-order valence-corrected chi connectivity index (χ3v) is 4.26. The highest BCUT2D eigenvalue weighted by Gasteiger charge is 2.22. The number of anilines is 1. The van der Waals surface area contributed by atoms with Crippen molar-refractivity contribution in [2.75, 3.05) is 37.7 Å². The third-order valence-electron chi connectivity index (χ3n) is 4.26. The topological polar surface area (TPSA) is 75.9 Å². The van der Waals surface area contributed by atoms with E-state index in [4.69, 9.17) is 10.5 Å². The van der Waals surface area contributed by atoms with Crippen molar-refractivity contribution in [2.24, 2.45) is 5.73 Å². The predicted octanol–water partition coefficient (Wildman–Crippen LogP) is 2.62. The molecule has 1 fully saturated rings. The van der Waals surface area contributed by atoms with Gasteiger partial charge in [0.2, 0.25) is 5.91 Å². The number of carbonyl (C=O) groups is 2. The Hall–Kier alpha value is -2.24. The third kappa shape index (κ3) is 5.15. The predicted molar refractivity (Wildman–Crippen MR) is 94.2 cm³/mol. The van der Waals surface area contributed by atoms with E-state index in [2.05, 4.69) is 11.8 Å². The maximum Gasteiger partial charge on any atom is 0.409 e. The van der Waals surface area contributed by atoms with E-state index < -0.39 is 5.91 Å². The lowest BCUT2D eigenvalue weighted by Crippen LogP contribution is -2.49. The Bertz CT molecular complexity index is 554. The Morgan fingerprint density at radius 1 is 1.12 bits per heavy atom. The monoisotopic (exact) mass is 333 g/mol. The van der Waals surface area contributed by atoms with Gasteiger partial charge in [-0.25, -0.2) is 4.79 Å². The molecule has 0 radical (unpaired) electrons. The maximum atomic E-state index is 12.0. The zero-order valence-corrected chi connectivity index (χ0v) is 14.4. The first kappa shape index (κ1) is 18.1. The summed E-state index contributed by atoms with van der Waals surface area (Å²) in [6.45, 7) is 5.33. The number of nitrogens with two attached hydrogens (primary N) is 1. The normalized spacial score (nSPS) is 14.5. The molecule has 0 spiro atoms. The van der Waals surface area contributed by atoms with Crippen LogP contribution in [0.25, 0.3) is 0 Å². The van der Waals surface area contributed by atoms with Crippen molar-refractivity contribution in [1.82, 2.24) is 4.90 Å². The van der Waals surface area contributed by atoms with Crippen molar-refractivity contribution >= 4 is 17.7 Å². The number of benzene rings is 1. The van der Waals surface area contributed by atoms with Crippen LogP contribution in [0.5, 0.6) is 0 Å². The van der Waals surface area contributed by atoms with Gasteiger partial charge < -0.3 is 20.3 Å². The minimum Gasteiger partial charge on any atom is -0.449 e. The lowest BCUT2D eigenvalue weighted by molar-refractivity contribution is 0.0983. The number of hydrogen-bond donors (Lipinski definition) is 1. The summed E-state index contributed by atoms with van der Waals surface area (Å²) in [5, 5.41) is 0. The zero-order chi connectivity index (χ0) is 17.4. The van der Waals surface area contributed by atoms with Crippen LogP contribution in [0, 0.1) is 0 Å². The van der Waals surface area contributed by atoms with Crippen LogP contribution in [0.1, 0.15) is 43.0 Å². The fraction of sp³-hybridized carbons (Fsp3) is 0.556. The number of hydrogen-bond acceptors (Lipinski definition) is 4. The van der Waals surface area contributed by atoms with Gasteiger partial charge in [-0.2, -0.15) is 0 Å². The second-order valence-electron chi connectivity index (χ2n) is 6.06. The first-order valence-electron chi connectivity index (χ1n) is 8.68. The summed E-state index contributed by atoms with van der Waals surface area (Å²) < 4.78 is 5.33. The Morgan fingerprint density at radius 3 is 2.54 bits per heavy atom. The lowest BCUT2D eigenvalue weighted by atomic mass is 10.1. The Balaban J connectivity index is 1.77. The van der Waals surface area contributed by atoms with Crippen molar-refractivity contribution in [1.29, 1.82) is 0 Å². The summed E-state index contributed by atoms with van der Waals surface area (Å²) in [6.07, 6.45) is 4.16. The molecule has 1 aliphatic rings. The summed E-state index contributed by atoms with van der Waals surface area (Å²) >= 11 is 0. The Morgan fingerprint density at radius 2 is 1.88 bits per heavy atom. The summed E-state index contributed by atoms with van der Waals surface area (Å²) in [5.74, 6) is -0.429. The average Bonchev–Trinajstić information content (AvgIpc) is 2.61. The van der Waals surface area contributed by atoms with Gasteiger partial charge in [0.05, 0.1) is 6.61 Å². The van der Waals surface area contributed by atoms with Gasteiger partial charge in [0.15, 0.2) is 0 Å². The van der Waals surface area contributed by atoms with Gasteiger partial charge >= 0.3 is 6.09 Å². The highest BCUT2D eigenvalue weighted by Crippen LogP contribution is 2.18. The molecule has 0 aromatic heterocycles. The van der Waals surface area contributed by atoms with Crippen LogP contribution < -0.4 is 10.6 Å². The second kappa shape index (κ2) is 9.15. The van der Waals surface area contributed by atoms with Gasteiger partial charge in [0.25, 0.3) is 0 Å². The van der Waals surface area contributed by atoms with Crippen molar-refractivity contribution in [3.8, 4) is 0 Å². The maximum absolute atomic E-state index is 12.0. The van der Waals surface area contributed by atoms with Crippen LogP contribution in [0.2, 0.25) is 0 Å². The lowest BCUT2D eigenvalue weighted by Gasteiger charge is -2.35. The zero-order valence-electron chi connectivity index (χ0n) is 14.4. The molecule has 1 heterocycles. The van der Waals surface area contributed by atoms with E-state index in [-0.39, 0.29) is 6.09 Å². The van der Waals surface area contributed by atoms with E-state index >= 15 is 0 Å². The van der Waals surface area contributed by atoms with Gasteiger partial charge in [-0.1, -0.05) is 32.3 Å². The standard InChI is InChI=1S/C18H27N3O3/c1-2-3-4-5-13-24-18(23)21-11-9-20(10-12-21)16-8-6-7-15(14-16)17(19)22/h6-8,14H,2-5,9-13H2,1H3,(H2,19,22). The average molecular weight is 333 g/mol. The fourth-order valence-corrected chi connectivity index (χ4v) is 2.78. The first-order valence-corrected chi connectivity index (χ1v) is 8.68. The number of nitrogens with zero attached hydrogens (tertiary/aromatic N) is 2. The van der Waals surface area contributed by atoms with E-state index in [1.165, 1.54) is 12.8 Å². The summed E-state index contributed by atoms with van der Waals surface area (Å²) in [5.41, 5.74) is 6.78. The second-order valence-corrected chi connectivity index (χ2v) is 6.06. The Labute approximate surface area is 143 Å². The summed E-state index contributed by atoms with van der Waals surface area (Å²) in [6, 6.07) is 7.28. The SMILES string of the molecule is CCCCCCOC(=O)N1CCN(c2cccc(C(N)=O)c2)CC1. The fourth-order valence-electron chi connectivity index (χ4n) is 2.78. The highest BCUT2D eigenvalue weighted by atomic mass is 16.6. The van der Waals surface area contributed by atoms with Gasteiger partial charge in [-0.3, -0.25) is 4.79 Å². The van der Waals surface area contributed by atoms with E-state index in [1.807, 2.05) is 12.1 Å². The molecule has 2 rings (SSSR count). The van der Waals surface area contributed by atoms with Crippen LogP contribution in [0.4, 0.5) is 10.5 Å². The summed E-state index contributed by atoms with van der Waals surface area (Å²) in [7, 11) is 0. The largest absolute Gasteiger partial charge is 0.449 e. The van der Waals surface area contributed by atoms with Gasteiger partial charge in [-0.05, 0) is 24.6 Å². The van der Waals surface area contributed by atoms with Gasteiger partial charge in [0, 0.05) is 37.4 Å². The van der Waals surface area contributed by atoms with E-state index in [9.17, 15) is 9.59 Å². The molecule has 1 aliphatic heterocycles. The minimum atomic E-state index is -0.429. The van der Waals surface area contributed by atoms with Gasteiger partial charge in [-0.15, -0.1) is 0 Å². The molecule has 0 bridgehead atoms. The quantitative estimate of drug-likeness (QED) is 0.778. The molecule has 0 atom stereocenters. The molecule has 6 nitrogen and oxygen atoms in total. The summed E-state index contributed by atoms with van der Waals surface area (Å²) in [4.78, 5) is 27.2. The number of carbonyl (C=O) groups excluding carboxylic acids is 2. The molecule has 24 heavy (non-hydrogen) atoms. The molecule has 6 heteroatoms. The number of unbranched alkanes of at least 4 members (excludes halogenated alkanes) is 3. The molecule has 0 aliphatic carbocycles. The minimum absolute atomic E-state index is 0.225. The first-order chi connectivity index (χ1) is 11.6. The molecule has 2 N–H and O–H groups in total. The van der Waals surface area contributed by atoms with E-state index in [0.717, 1.165) is 18.5 Å². The van der Waals surface area contributed by atoms with Gasteiger partial charge in [0.1, 0.15) is 0 Å². The number of piperazine rings is 1. The molecule has 1 aromatic carbocycles. The molecule has 2 amide bonds. The van der Waals surface area contributed by atoms with Crippen LogP contribution in [-0.2, 0) is 4.74 Å². The van der Waals surface area contributed by atoms with Crippen LogP contribution in [-0.4, -0.2) is 49.7 Å². The van der Waals surface area contributed by atoms with E-state index in [1.54, 1.807) is 17.0 Å². The van der Waals surface area contributed by atoms with Crippen molar-refractivity contribution < 1.29 is 14.3 Å². The Kier molecular flexibility index (Phi) is 6.90. The van der Waals surface area contributed by atoms with Crippen molar-refractivity contribution in [2.45, 2.75) is 32.6 Å². The number of primary amides is 1. The molecule has 132 valence electrons. The van der Waals surface area contributed by atoms with Crippen LogP contribution >= 0.6 is 0 Å². The number of ether oxygens (including phenoxy) is 1. The van der Waals surface area contributed by atoms with Crippen molar-refractivity contribution in [3.05, 3.63) is 29.8 Å². The molecule has 1 saturated heterocycles. The molecular formula is C18H27N3O3. The van der Waals surface area contributed by atoms with Crippen molar-refractivity contribution in [3.63, 3.8) is 0 Å². The number of amides is 2. The number of rotatable bonds is 7.